The summed E-state index contributed by atoms with van der Waals surface area (Å²) >= 11 is 5.88. The molecular formula is C11H14ClNO2. The van der Waals surface area contributed by atoms with E-state index in [1.165, 1.54) is 0 Å². The van der Waals surface area contributed by atoms with E-state index in [9.17, 15) is 0 Å². The highest BCUT2D eigenvalue weighted by Gasteiger charge is 2.16. The molecule has 0 aromatic heterocycles. The van der Waals surface area contributed by atoms with Crippen molar-refractivity contribution in [2.75, 3.05) is 25.6 Å². The molecule has 1 unspecified atom stereocenters. The summed E-state index contributed by atoms with van der Waals surface area (Å²) in [7, 11) is 0. The van der Waals surface area contributed by atoms with Crippen LogP contribution in [-0.4, -0.2) is 19.8 Å². The number of anilines is 1. The number of ether oxygens (including phenoxy) is 2. The predicted molar refractivity (Wildman–Crippen MR) is 60.3 cm³/mol. The fraction of sp³-hybridized carbons (Fsp3) is 0.455. The van der Waals surface area contributed by atoms with Gasteiger partial charge in [-0.05, 0) is 18.6 Å². The van der Waals surface area contributed by atoms with Gasteiger partial charge in [-0.15, -0.1) is 0 Å². The van der Waals surface area contributed by atoms with Crippen LogP contribution in [-0.2, 0) is 4.74 Å². The van der Waals surface area contributed by atoms with Crippen LogP contribution in [0.4, 0.5) is 5.69 Å². The molecule has 1 saturated heterocycles. The number of benzene rings is 1. The van der Waals surface area contributed by atoms with Crippen molar-refractivity contribution in [3.63, 3.8) is 0 Å². The van der Waals surface area contributed by atoms with Gasteiger partial charge in [0.1, 0.15) is 5.75 Å². The maximum Gasteiger partial charge on any atom is 0.143 e. The molecule has 0 radical (unpaired) electrons. The van der Waals surface area contributed by atoms with E-state index in [0.717, 1.165) is 19.6 Å². The minimum atomic E-state index is 0.475. The van der Waals surface area contributed by atoms with Crippen molar-refractivity contribution >= 4 is 17.3 Å². The third-order valence-electron chi connectivity index (χ3n) is 2.51. The van der Waals surface area contributed by atoms with Gasteiger partial charge in [-0.1, -0.05) is 17.7 Å². The number of hydrogen-bond donors (Lipinski definition) is 1. The molecule has 0 bridgehead atoms. The maximum atomic E-state index is 5.88. The molecule has 2 N–H and O–H groups in total. The van der Waals surface area contributed by atoms with Gasteiger partial charge in [-0.25, -0.2) is 0 Å². The van der Waals surface area contributed by atoms with Gasteiger partial charge in [0.25, 0.3) is 0 Å². The molecule has 0 saturated carbocycles. The quantitative estimate of drug-likeness (QED) is 0.807. The van der Waals surface area contributed by atoms with E-state index in [2.05, 4.69) is 0 Å². The smallest absolute Gasteiger partial charge is 0.143 e. The first-order valence-corrected chi connectivity index (χ1v) is 5.39. The van der Waals surface area contributed by atoms with Crippen molar-refractivity contribution in [3.05, 3.63) is 23.2 Å². The SMILES string of the molecule is Nc1c(Cl)cccc1OCC1CCOC1. The minimum Gasteiger partial charge on any atom is -0.491 e. The van der Waals surface area contributed by atoms with Gasteiger partial charge in [0, 0.05) is 12.5 Å². The zero-order valence-corrected chi connectivity index (χ0v) is 9.17. The lowest BCUT2D eigenvalue weighted by atomic mass is 10.1. The Morgan fingerprint density at radius 3 is 3.13 bits per heavy atom. The topological polar surface area (TPSA) is 44.5 Å². The number of hydrogen-bond acceptors (Lipinski definition) is 3. The summed E-state index contributed by atoms with van der Waals surface area (Å²) in [4.78, 5) is 0. The molecule has 1 aromatic rings. The zero-order valence-electron chi connectivity index (χ0n) is 8.41. The van der Waals surface area contributed by atoms with Crippen LogP contribution in [0, 0.1) is 5.92 Å². The Hall–Kier alpha value is -0.930. The average Bonchev–Trinajstić information content (AvgIpc) is 2.73. The average molecular weight is 228 g/mol. The summed E-state index contributed by atoms with van der Waals surface area (Å²) in [6, 6.07) is 5.42. The highest BCUT2D eigenvalue weighted by molar-refractivity contribution is 6.33. The zero-order chi connectivity index (χ0) is 10.7. The van der Waals surface area contributed by atoms with Crippen molar-refractivity contribution in [1.29, 1.82) is 0 Å². The number of nitrogen functional groups attached to an aromatic ring is 1. The first-order valence-electron chi connectivity index (χ1n) is 5.02. The molecule has 1 atom stereocenters. The van der Waals surface area contributed by atoms with E-state index in [4.69, 9.17) is 26.8 Å². The highest BCUT2D eigenvalue weighted by atomic mass is 35.5. The summed E-state index contributed by atoms with van der Waals surface area (Å²) in [5.74, 6) is 1.14. The van der Waals surface area contributed by atoms with Crippen LogP contribution in [0.25, 0.3) is 0 Å². The fourth-order valence-corrected chi connectivity index (χ4v) is 1.73. The van der Waals surface area contributed by atoms with Gasteiger partial charge in [0.05, 0.1) is 23.9 Å². The Kier molecular flexibility index (Phi) is 3.34. The normalized spacial score (nSPS) is 20.5. The lowest BCUT2D eigenvalue weighted by Gasteiger charge is -2.12. The Balaban J connectivity index is 1.95. The van der Waals surface area contributed by atoms with Crippen molar-refractivity contribution < 1.29 is 9.47 Å². The van der Waals surface area contributed by atoms with Crippen LogP contribution in [0.3, 0.4) is 0 Å². The van der Waals surface area contributed by atoms with Gasteiger partial charge in [-0.3, -0.25) is 0 Å². The summed E-state index contributed by atoms with van der Waals surface area (Å²) in [5.41, 5.74) is 6.29. The second kappa shape index (κ2) is 4.73. The van der Waals surface area contributed by atoms with Crippen molar-refractivity contribution in [3.8, 4) is 5.75 Å². The van der Waals surface area contributed by atoms with Crippen LogP contribution >= 0.6 is 11.6 Å². The largest absolute Gasteiger partial charge is 0.491 e. The number of rotatable bonds is 3. The molecule has 1 aliphatic rings. The van der Waals surface area contributed by atoms with E-state index in [1.54, 1.807) is 6.07 Å². The first-order chi connectivity index (χ1) is 7.27. The fourth-order valence-electron chi connectivity index (χ4n) is 1.57. The third-order valence-corrected chi connectivity index (χ3v) is 2.84. The van der Waals surface area contributed by atoms with Gasteiger partial charge in [0.2, 0.25) is 0 Å². The number of nitrogens with two attached hydrogens (primary N) is 1. The lowest BCUT2D eigenvalue weighted by molar-refractivity contribution is 0.167. The maximum absolute atomic E-state index is 5.88. The Labute approximate surface area is 94.1 Å². The first kappa shape index (κ1) is 10.6. The number of para-hydroxylation sites is 1. The van der Waals surface area contributed by atoms with Crippen LogP contribution in [0.1, 0.15) is 6.42 Å². The third kappa shape index (κ3) is 2.55. The second-order valence-electron chi connectivity index (χ2n) is 3.69. The van der Waals surface area contributed by atoms with Crippen molar-refractivity contribution in [2.45, 2.75) is 6.42 Å². The summed E-state index contributed by atoms with van der Waals surface area (Å²) < 4.78 is 10.9. The van der Waals surface area contributed by atoms with Gasteiger partial charge >= 0.3 is 0 Å². The van der Waals surface area contributed by atoms with E-state index in [-0.39, 0.29) is 0 Å². The van der Waals surface area contributed by atoms with Crippen molar-refractivity contribution in [2.24, 2.45) is 5.92 Å². The molecule has 2 rings (SSSR count). The Bertz CT molecular complexity index is 337. The monoisotopic (exact) mass is 227 g/mol. The Morgan fingerprint density at radius 2 is 2.40 bits per heavy atom. The molecule has 1 aromatic carbocycles. The van der Waals surface area contributed by atoms with Gasteiger partial charge in [0.15, 0.2) is 0 Å². The van der Waals surface area contributed by atoms with Crippen LogP contribution in [0.2, 0.25) is 5.02 Å². The minimum absolute atomic E-state index is 0.475. The summed E-state index contributed by atoms with van der Waals surface area (Å²) in [6.07, 6.45) is 1.06. The second-order valence-corrected chi connectivity index (χ2v) is 4.10. The standard InChI is InChI=1S/C11H14ClNO2/c12-9-2-1-3-10(11(9)13)15-7-8-4-5-14-6-8/h1-3,8H,4-7,13H2. The lowest BCUT2D eigenvalue weighted by Crippen LogP contribution is -2.12. The van der Waals surface area contributed by atoms with E-state index < -0.39 is 0 Å². The molecule has 0 aliphatic carbocycles. The molecule has 82 valence electrons. The molecule has 1 aliphatic heterocycles. The molecular weight excluding hydrogens is 214 g/mol. The summed E-state index contributed by atoms with van der Waals surface area (Å²) in [5, 5.41) is 0.537. The molecule has 0 spiro atoms. The molecule has 1 heterocycles. The predicted octanol–water partition coefficient (Wildman–Crippen LogP) is 2.34. The van der Waals surface area contributed by atoms with Crippen LogP contribution < -0.4 is 10.5 Å². The highest BCUT2D eigenvalue weighted by Crippen LogP contribution is 2.29. The van der Waals surface area contributed by atoms with Crippen molar-refractivity contribution in [1.82, 2.24) is 0 Å². The van der Waals surface area contributed by atoms with E-state index in [1.807, 2.05) is 12.1 Å². The molecule has 15 heavy (non-hydrogen) atoms. The van der Waals surface area contributed by atoms with Gasteiger partial charge in [-0.2, -0.15) is 0 Å². The molecule has 3 nitrogen and oxygen atoms in total. The number of halogens is 1. The van der Waals surface area contributed by atoms with E-state index >= 15 is 0 Å². The van der Waals surface area contributed by atoms with Crippen LogP contribution in [0.15, 0.2) is 18.2 Å². The van der Waals surface area contributed by atoms with E-state index in [0.29, 0.717) is 29.0 Å². The molecule has 4 heteroatoms. The van der Waals surface area contributed by atoms with Gasteiger partial charge < -0.3 is 15.2 Å². The Morgan fingerprint density at radius 1 is 1.53 bits per heavy atom. The summed E-state index contributed by atoms with van der Waals surface area (Å²) in [6.45, 7) is 2.25. The molecule has 0 amide bonds. The molecule has 1 fully saturated rings. The van der Waals surface area contributed by atoms with Crippen LogP contribution in [0.5, 0.6) is 5.75 Å².